The van der Waals surface area contributed by atoms with Crippen molar-refractivity contribution in [2.45, 2.75) is 37.7 Å². The number of aromatic nitrogens is 1. The molecule has 1 heterocycles. The van der Waals surface area contributed by atoms with E-state index < -0.39 is 5.60 Å². The Morgan fingerprint density at radius 2 is 2.09 bits per heavy atom. The van der Waals surface area contributed by atoms with Gasteiger partial charge in [-0.1, -0.05) is 18.2 Å². The minimum absolute atomic E-state index is 0.132. The molecule has 1 aromatic heterocycles. The summed E-state index contributed by atoms with van der Waals surface area (Å²) >= 11 is 0. The van der Waals surface area contributed by atoms with Crippen LogP contribution in [0.15, 0.2) is 35.1 Å². The maximum absolute atomic E-state index is 12.0. The van der Waals surface area contributed by atoms with Crippen LogP contribution in [0.25, 0.3) is 10.9 Å². The molecule has 1 aliphatic carbocycles. The maximum atomic E-state index is 12.0. The number of pyridine rings is 1. The number of hydrogen-bond donors (Lipinski definition) is 3. The van der Waals surface area contributed by atoms with Crippen LogP contribution in [-0.2, 0) is 11.2 Å². The second kappa shape index (κ2) is 5.93. The van der Waals surface area contributed by atoms with Crippen LogP contribution in [0.2, 0.25) is 0 Å². The van der Waals surface area contributed by atoms with E-state index in [0.29, 0.717) is 18.5 Å². The van der Waals surface area contributed by atoms with Gasteiger partial charge in [-0.3, -0.25) is 9.59 Å². The molecule has 0 saturated heterocycles. The lowest BCUT2D eigenvalue weighted by Gasteiger charge is -2.36. The first-order valence-electron chi connectivity index (χ1n) is 7.66. The number of amides is 1. The van der Waals surface area contributed by atoms with Gasteiger partial charge < -0.3 is 15.4 Å². The van der Waals surface area contributed by atoms with Crippen LogP contribution in [0.3, 0.4) is 0 Å². The summed E-state index contributed by atoms with van der Waals surface area (Å²) in [6.45, 7) is 0.305. The monoisotopic (exact) mass is 300 g/mol. The van der Waals surface area contributed by atoms with E-state index in [0.717, 1.165) is 30.2 Å². The average Bonchev–Trinajstić information content (AvgIpc) is 2.49. The summed E-state index contributed by atoms with van der Waals surface area (Å²) in [5.74, 6) is -0.132. The number of rotatable bonds is 5. The van der Waals surface area contributed by atoms with Crippen molar-refractivity contribution in [2.75, 3.05) is 6.54 Å². The van der Waals surface area contributed by atoms with Crippen molar-refractivity contribution in [1.29, 1.82) is 0 Å². The summed E-state index contributed by atoms with van der Waals surface area (Å²) in [6.07, 6.45) is 3.15. The summed E-state index contributed by atoms with van der Waals surface area (Å²) in [6, 6.07) is 9.40. The fourth-order valence-corrected chi connectivity index (χ4v) is 2.74. The van der Waals surface area contributed by atoms with Gasteiger partial charge >= 0.3 is 0 Å². The van der Waals surface area contributed by atoms with Gasteiger partial charge in [0.2, 0.25) is 5.91 Å². The molecule has 116 valence electrons. The number of para-hydroxylation sites is 1. The SMILES string of the molecule is O=C(CCc1cc2ccccc2[nH]c1=O)NCC1(O)CCC1. The van der Waals surface area contributed by atoms with E-state index in [1.54, 1.807) is 0 Å². The molecule has 5 nitrogen and oxygen atoms in total. The largest absolute Gasteiger partial charge is 0.388 e. The van der Waals surface area contributed by atoms with Crippen LogP contribution in [0.4, 0.5) is 0 Å². The molecule has 0 aliphatic heterocycles. The predicted molar refractivity (Wildman–Crippen MR) is 84.7 cm³/mol. The smallest absolute Gasteiger partial charge is 0.251 e. The molecule has 1 fully saturated rings. The highest BCUT2D eigenvalue weighted by molar-refractivity contribution is 5.79. The molecule has 1 aliphatic rings. The van der Waals surface area contributed by atoms with Gasteiger partial charge in [0.1, 0.15) is 0 Å². The highest BCUT2D eigenvalue weighted by atomic mass is 16.3. The Hall–Kier alpha value is -2.14. The predicted octanol–water partition coefficient (Wildman–Crippen LogP) is 1.49. The molecule has 0 bridgehead atoms. The third-order valence-electron chi connectivity index (χ3n) is 4.35. The Balaban J connectivity index is 1.60. The van der Waals surface area contributed by atoms with Crippen molar-refractivity contribution in [2.24, 2.45) is 0 Å². The minimum atomic E-state index is -0.712. The Kier molecular flexibility index (Phi) is 3.98. The van der Waals surface area contributed by atoms with Crippen LogP contribution in [0.1, 0.15) is 31.2 Å². The van der Waals surface area contributed by atoms with Gasteiger partial charge in [-0.2, -0.15) is 0 Å². The van der Waals surface area contributed by atoms with Crippen LogP contribution in [0.5, 0.6) is 0 Å². The molecular weight excluding hydrogens is 280 g/mol. The molecule has 1 saturated carbocycles. The third-order valence-corrected chi connectivity index (χ3v) is 4.35. The number of H-pyrrole nitrogens is 1. The van der Waals surface area contributed by atoms with Crippen molar-refractivity contribution < 1.29 is 9.90 Å². The van der Waals surface area contributed by atoms with Crippen LogP contribution in [0, 0.1) is 0 Å². The van der Waals surface area contributed by atoms with E-state index >= 15 is 0 Å². The van der Waals surface area contributed by atoms with Gasteiger partial charge in [0.05, 0.1) is 5.60 Å². The zero-order valence-corrected chi connectivity index (χ0v) is 12.4. The second-order valence-corrected chi connectivity index (χ2v) is 6.07. The zero-order valence-electron chi connectivity index (χ0n) is 12.4. The van der Waals surface area contributed by atoms with Crippen molar-refractivity contribution in [1.82, 2.24) is 10.3 Å². The van der Waals surface area contributed by atoms with Gasteiger partial charge in [0.15, 0.2) is 0 Å². The topological polar surface area (TPSA) is 82.2 Å². The van der Waals surface area contributed by atoms with E-state index in [1.807, 2.05) is 30.3 Å². The first-order chi connectivity index (χ1) is 10.6. The quantitative estimate of drug-likeness (QED) is 0.782. The second-order valence-electron chi connectivity index (χ2n) is 6.07. The first-order valence-corrected chi connectivity index (χ1v) is 7.66. The van der Waals surface area contributed by atoms with Gasteiger partial charge in [0.25, 0.3) is 5.56 Å². The van der Waals surface area contributed by atoms with Crippen molar-refractivity contribution in [3.8, 4) is 0 Å². The number of fused-ring (bicyclic) bond motifs is 1. The highest BCUT2D eigenvalue weighted by Crippen LogP contribution is 2.30. The molecule has 1 aromatic carbocycles. The van der Waals surface area contributed by atoms with E-state index in [9.17, 15) is 14.7 Å². The maximum Gasteiger partial charge on any atom is 0.251 e. The summed E-state index contributed by atoms with van der Waals surface area (Å²) in [7, 11) is 0. The average molecular weight is 300 g/mol. The molecule has 3 rings (SSSR count). The highest BCUT2D eigenvalue weighted by Gasteiger charge is 2.34. The van der Waals surface area contributed by atoms with Crippen molar-refractivity contribution in [3.63, 3.8) is 0 Å². The molecule has 5 heteroatoms. The number of carbonyl (C=O) groups is 1. The van der Waals surface area contributed by atoms with Crippen molar-refractivity contribution in [3.05, 3.63) is 46.2 Å². The van der Waals surface area contributed by atoms with E-state index in [4.69, 9.17) is 0 Å². The number of aryl methyl sites for hydroxylation is 1. The fourth-order valence-electron chi connectivity index (χ4n) is 2.74. The number of aromatic amines is 1. The molecule has 0 unspecified atom stereocenters. The molecule has 0 radical (unpaired) electrons. The summed E-state index contributed by atoms with van der Waals surface area (Å²) in [4.78, 5) is 26.7. The number of benzene rings is 1. The molecule has 0 spiro atoms. The van der Waals surface area contributed by atoms with Gasteiger partial charge in [-0.05, 0) is 43.2 Å². The lowest BCUT2D eigenvalue weighted by molar-refractivity contribution is -0.123. The fraction of sp³-hybridized carbons (Fsp3) is 0.412. The lowest BCUT2D eigenvalue weighted by atomic mass is 9.80. The molecule has 1 amide bonds. The molecule has 3 N–H and O–H groups in total. The molecule has 0 atom stereocenters. The lowest BCUT2D eigenvalue weighted by Crippen LogP contribution is -2.47. The summed E-state index contributed by atoms with van der Waals surface area (Å²) < 4.78 is 0. The molecule has 22 heavy (non-hydrogen) atoms. The summed E-state index contributed by atoms with van der Waals surface area (Å²) in [5.41, 5.74) is 0.545. The van der Waals surface area contributed by atoms with E-state index in [1.165, 1.54) is 0 Å². The van der Waals surface area contributed by atoms with Crippen LogP contribution in [-0.4, -0.2) is 28.1 Å². The Labute approximate surface area is 128 Å². The third kappa shape index (κ3) is 3.20. The Bertz CT molecular complexity index is 747. The standard InChI is InChI=1S/C17H20N2O3/c20-15(18-11-17(22)8-3-9-17)7-6-13-10-12-4-1-2-5-14(12)19-16(13)21/h1-2,4-5,10,22H,3,6-9,11H2,(H,18,20)(H,19,21). The Morgan fingerprint density at radius 1 is 1.32 bits per heavy atom. The number of carbonyl (C=O) groups excluding carboxylic acids is 1. The van der Waals surface area contributed by atoms with Crippen molar-refractivity contribution >= 4 is 16.8 Å². The number of nitrogens with one attached hydrogen (secondary N) is 2. The van der Waals surface area contributed by atoms with Gasteiger partial charge in [0, 0.05) is 24.0 Å². The normalized spacial score (nSPS) is 16.2. The number of hydrogen-bond acceptors (Lipinski definition) is 3. The minimum Gasteiger partial charge on any atom is -0.388 e. The molecule has 2 aromatic rings. The zero-order chi connectivity index (χ0) is 15.6. The number of aliphatic hydroxyl groups is 1. The summed E-state index contributed by atoms with van der Waals surface area (Å²) in [5, 5.41) is 13.6. The van der Waals surface area contributed by atoms with Crippen LogP contribution >= 0.6 is 0 Å². The van der Waals surface area contributed by atoms with Gasteiger partial charge in [-0.25, -0.2) is 0 Å². The Morgan fingerprint density at radius 3 is 2.82 bits per heavy atom. The van der Waals surface area contributed by atoms with Gasteiger partial charge in [-0.15, -0.1) is 0 Å². The van der Waals surface area contributed by atoms with E-state index in [2.05, 4.69) is 10.3 Å². The first kappa shape index (κ1) is 14.8. The van der Waals surface area contributed by atoms with E-state index in [-0.39, 0.29) is 17.9 Å². The molecular formula is C17H20N2O3. The van der Waals surface area contributed by atoms with Crippen LogP contribution < -0.4 is 10.9 Å².